The first-order chi connectivity index (χ1) is 15.2. The number of halogens is 1. The van der Waals surface area contributed by atoms with Crippen molar-refractivity contribution in [3.05, 3.63) is 94.0 Å². The summed E-state index contributed by atoms with van der Waals surface area (Å²) in [7, 11) is -2.10. The number of benzene rings is 3. The molecule has 1 amide bonds. The second-order valence-corrected chi connectivity index (χ2v) is 10.5. The highest BCUT2D eigenvalue weighted by Gasteiger charge is 2.21. The molecule has 0 atom stereocenters. The fraction of sp³-hybridized carbons (Fsp3) is 0.130. The van der Waals surface area contributed by atoms with Crippen LogP contribution in [0.2, 0.25) is 0 Å². The Morgan fingerprint density at radius 3 is 2.31 bits per heavy atom. The Morgan fingerprint density at radius 1 is 1.03 bits per heavy atom. The van der Waals surface area contributed by atoms with Crippen molar-refractivity contribution in [3.8, 4) is 0 Å². The average molecular weight is 532 g/mol. The molecule has 6 nitrogen and oxygen atoms in total. The zero-order chi connectivity index (χ0) is 23.3. The maximum atomic E-state index is 12.8. The molecule has 0 aliphatic heterocycles. The Kier molecular flexibility index (Phi) is 7.78. The minimum absolute atomic E-state index is 0.114. The van der Waals surface area contributed by atoms with Gasteiger partial charge in [0.2, 0.25) is 10.0 Å². The van der Waals surface area contributed by atoms with Gasteiger partial charge in [-0.25, -0.2) is 8.42 Å². The third kappa shape index (κ3) is 6.01. The van der Waals surface area contributed by atoms with Crippen LogP contribution in [-0.4, -0.2) is 30.8 Å². The van der Waals surface area contributed by atoms with Crippen LogP contribution in [-0.2, 0) is 16.6 Å². The van der Waals surface area contributed by atoms with Gasteiger partial charge in [-0.1, -0.05) is 52.3 Å². The van der Waals surface area contributed by atoms with Gasteiger partial charge in [0.05, 0.1) is 4.90 Å². The summed E-state index contributed by atoms with van der Waals surface area (Å²) in [5.41, 5.74) is 2.95. The second kappa shape index (κ2) is 10.4. The largest absolute Gasteiger partial charge is 0.332 e. The van der Waals surface area contributed by atoms with E-state index >= 15 is 0 Å². The molecule has 0 aliphatic rings. The number of sulfonamides is 1. The van der Waals surface area contributed by atoms with E-state index < -0.39 is 10.0 Å². The first kappa shape index (κ1) is 24.1. The van der Waals surface area contributed by atoms with Crippen molar-refractivity contribution in [2.24, 2.45) is 0 Å². The van der Waals surface area contributed by atoms with Gasteiger partial charge in [-0.2, -0.15) is 4.31 Å². The van der Waals surface area contributed by atoms with Gasteiger partial charge in [-0.3, -0.25) is 10.1 Å². The normalized spacial score (nSPS) is 11.2. The van der Waals surface area contributed by atoms with E-state index in [0.717, 1.165) is 15.6 Å². The lowest BCUT2D eigenvalue weighted by atomic mass is 10.1. The summed E-state index contributed by atoms with van der Waals surface area (Å²) in [5, 5.41) is 5.63. The molecule has 0 saturated heterocycles. The molecule has 0 fully saturated rings. The van der Waals surface area contributed by atoms with E-state index in [0.29, 0.717) is 11.3 Å². The summed E-state index contributed by atoms with van der Waals surface area (Å²) in [6, 6.07) is 20.9. The molecule has 2 N–H and O–H groups in total. The molecule has 0 radical (unpaired) electrons. The molecule has 0 bridgehead atoms. The van der Waals surface area contributed by atoms with Crippen LogP contribution in [0.5, 0.6) is 0 Å². The lowest BCUT2D eigenvalue weighted by Crippen LogP contribution is -2.34. The molecule has 0 unspecified atom stereocenters. The molecular formula is C23H22BrN3O3S2. The zero-order valence-corrected chi connectivity index (χ0v) is 20.7. The Labute approximate surface area is 201 Å². The smallest absolute Gasteiger partial charge is 0.257 e. The highest BCUT2D eigenvalue weighted by Crippen LogP contribution is 2.20. The van der Waals surface area contributed by atoms with Gasteiger partial charge in [0.15, 0.2) is 5.11 Å². The van der Waals surface area contributed by atoms with E-state index in [4.69, 9.17) is 12.2 Å². The molecule has 0 spiro atoms. The number of rotatable bonds is 6. The van der Waals surface area contributed by atoms with Gasteiger partial charge in [-0.05, 0) is 66.7 Å². The fourth-order valence-electron chi connectivity index (χ4n) is 2.89. The monoisotopic (exact) mass is 531 g/mol. The highest BCUT2D eigenvalue weighted by molar-refractivity contribution is 9.10. The van der Waals surface area contributed by atoms with Crippen LogP contribution >= 0.6 is 28.1 Å². The van der Waals surface area contributed by atoms with Crippen LogP contribution in [0, 0.1) is 6.92 Å². The number of nitrogens with one attached hydrogen (secondary N) is 2. The summed E-state index contributed by atoms with van der Waals surface area (Å²) in [5.74, 6) is -0.343. The van der Waals surface area contributed by atoms with E-state index in [2.05, 4.69) is 26.6 Å². The molecule has 166 valence electrons. The van der Waals surface area contributed by atoms with Crippen molar-refractivity contribution < 1.29 is 13.2 Å². The SMILES string of the molecule is Cc1ccc(C(=O)NC(=S)Nc2ccc(S(=O)(=O)N(C)Cc3ccccc3)cc2)cc1Br. The first-order valence-electron chi connectivity index (χ1n) is 9.65. The Balaban J connectivity index is 1.62. The topological polar surface area (TPSA) is 78.5 Å². The first-order valence-corrected chi connectivity index (χ1v) is 12.3. The standard InChI is InChI=1S/C23H22BrN3O3S2/c1-16-8-9-18(14-21(16)24)22(28)26-23(31)25-19-10-12-20(13-11-19)32(29,30)27(2)15-17-6-4-3-5-7-17/h3-14H,15H2,1-2H3,(H2,25,26,28,31). The minimum atomic E-state index is -3.65. The number of anilines is 1. The van der Waals surface area contributed by atoms with E-state index in [1.807, 2.05) is 43.3 Å². The summed E-state index contributed by atoms with van der Waals surface area (Å²) < 4.78 is 27.8. The minimum Gasteiger partial charge on any atom is -0.332 e. The van der Waals surface area contributed by atoms with Crippen LogP contribution in [0.1, 0.15) is 21.5 Å². The van der Waals surface area contributed by atoms with Gasteiger partial charge >= 0.3 is 0 Å². The maximum Gasteiger partial charge on any atom is 0.257 e. The molecule has 32 heavy (non-hydrogen) atoms. The third-order valence-corrected chi connectivity index (χ3v) is 7.61. The fourth-order valence-corrected chi connectivity index (χ4v) is 4.64. The number of aryl methyl sites for hydroxylation is 1. The van der Waals surface area contributed by atoms with Crippen LogP contribution in [0.3, 0.4) is 0 Å². The predicted octanol–water partition coefficient (Wildman–Crippen LogP) is 4.71. The van der Waals surface area contributed by atoms with Crippen molar-refractivity contribution in [1.82, 2.24) is 9.62 Å². The number of hydrogen-bond donors (Lipinski definition) is 2. The Hall–Kier alpha value is -2.59. The van der Waals surface area contributed by atoms with E-state index in [1.54, 1.807) is 31.3 Å². The molecule has 0 heterocycles. The molecule has 3 rings (SSSR count). The van der Waals surface area contributed by atoms with Crippen LogP contribution < -0.4 is 10.6 Å². The molecule has 3 aromatic carbocycles. The highest BCUT2D eigenvalue weighted by atomic mass is 79.9. The van der Waals surface area contributed by atoms with Gasteiger partial charge in [-0.15, -0.1) is 0 Å². The molecular weight excluding hydrogens is 510 g/mol. The predicted molar refractivity (Wildman–Crippen MR) is 134 cm³/mol. The van der Waals surface area contributed by atoms with Gasteiger partial charge in [0, 0.05) is 29.3 Å². The number of amides is 1. The molecule has 0 aliphatic carbocycles. The van der Waals surface area contributed by atoms with Crippen LogP contribution in [0.25, 0.3) is 0 Å². The number of carbonyl (C=O) groups is 1. The Bertz CT molecular complexity index is 1230. The van der Waals surface area contributed by atoms with Crippen molar-refractivity contribution in [2.45, 2.75) is 18.4 Å². The van der Waals surface area contributed by atoms with Gasteiger partial charge in [0.1, 0.15) is 0 Å². The van der Waals surface area contributed by atoms with Gasteiger partial charge in [0.25, 0.3) is 5.91 Å². The quantitative estimate of drug-likeness (QED) is 0.450. The number of thiocarbonyl (C=S) groups is 1. The van der Waals surface area contributed by atoms with E-state index in [1.165, 1.54) is 16.4 Å². The van der Waals surface area contributed by atoms with Crippen LogP contribution in [0.4, 0.5) is 5.69 Å². The molecule has 0 aromatic heterocycles. The number of carbonyl (C=O) groups excluding carboxylic acids is 1. The zero-order valence-electron chi connectivity index (χ0n) is 17.5. The molecule has 9 heteroatoms. The summed E-state index contributed by atoms with van der Waals surface area (Å²) in [6.07, 6.45) is 0. The maximum absolute atomic E-state index is 12.8. The molecule has 0 saturated carbocycles. The van der Waals surface area contributed by atoms with E-state index in [-0.39, 0.29) is 22.5 Å². The third-order valence-electron chi connectivity index (χ3n) is 4.73. The summed E-state index contributed by atoms with van der Waals surface area (Å²) in [6.45, 7) is 2.20. The summed E-state index contributed by atoms with van der Waals surface area (Å²) >= 11 is 8.61. The van der Waals surface area contributed by atoms with Crippen molar-refractivity contribution >= 4 is 54.9 Å². The van der Waals surface area contributed by atoms with Crippen molar-refractivity contribution in [3.63, 3.8) is 0 Å². The second-order valence-electron chi connectivity index (χ2n) is 7.14. The van der Waals surface area contributed by atoms with Crippen molar-refractivity contribution in [2.75, 3.05) is 12.4 Å². The summed E-state index contributed by atoms with van der Waals surface area (Å²) in [4.78, 5) is 12.5. The van der Waals surface area contributed by atoms with Crippen LogP contribution in [0.15, 0.2) is 82.2 Å². The molecule has 3 aromatic rings. The van der Waals surface area contributed by atoms with E-state index in [9.17, 15) is 13.2 Å². The number of nitrogens with zero attached hydrogens (tertiary/aromatic N) is 1. The Morgan fingerprint density at radius 2 is 1.69 bits per heavy atom. The average Bonchev–Trinajstić information content (AvgIpc) is 2.76. The van der Waals surface area contributed by atoms with Crippen molar-refractivity contribution in [1.29, 1.82) is 0 Å². The number of hydrogen-bond acceptors (Lipinski definition) is 4. The lowest BCUT2D eigenvalue weighted by molar-refractivity contribution is 0.0977. The lowest BCUT2D eigenvalue weighted by Gasteiger charge is -2.18. The van der Waals surface area contributed by atoms with Gasteiger partial charge < -0.3 is 5.32 Å².